The van der Waals surface area contributed by atoms with E-state index in [1.54, 1.807) is 11.0 Å². The molecule has 2 atom stereocenters. The fourth-order valence-corrected chi connectivity index (χ4v) is 2.18. The van der Waals surface area contributed by atoms with Crippen molar-refractivity contribution in [2.45, 2.75) is 19.4 Å². The van der Waals surface area contributed by atoms with Gasteiger partial charge in [-0.05, 0) is 28.3 Å². The van der Waals surface area contributed by atoms with Crippen LogP contribution in [0.25, 0.3) is 0 Å². The number of likely N-dealkylation sites (tertiary alicyclic amines) is 1. The summed E-state index contributed by atoms with van der Waals surface area (Å²) in [5.41, 5.74) is 0.522. The first-order chi connectivity index (χ1) is 7.58. The van der Waals surface area contributed by atoms with Crippen LogP contribution in [0.3, 0.4) is 0 Å². The molecule has 0 aromatic carbocycles. The molecule has 2 heterocycles. The highest BCUT2D eigenvalue weighted by Gasteiger charge is 2.28. The van der Waals surface area contributed by atoms with Gasteiger partial charge in [-0.25, -0.2) is 0 Å². The first-order valence-electron chi connectivity index (χ1n) is 5.29. The summed E-state index contributed by atoms with van der Waals surface area (Å²) in [6.45, 7) is 3.10. The van der Waals surface area contributed by atoms with Crippen molar-refractivity contribution in [1.29, 1.82) is 0 Å². The van der Waals surface area contributed by atoms with Crippen molar-refractivity contribution >= 4 is 21.8 Å². The summed E-state index contributed by atoms with van der Waals surface area (Å²) in [6, 6.07) is 1.65. The molecule has 1 amide bonds. The molecule has 1 aromatic rings. The smallest absolute Gasteiger partial charge is 0.257 e. The lowest BCUT2D eigenvalue weighted by Gasteiger charge is -2.34. The van der Waals surface area contributed by atoms with Crippen molar-refractivity contribution in [2.24, 2.45) is 5.92 Å². The maximum absolute atomic E-state index is 12.0. The molecule has 0 saturated carbocycles. The molecule has 0 bridgehead atoms. The topological polar surface area (TPSA) is 53.7 Å². The Hall–Kier alpha value is -0.810. The third-order valence-electron chi connectivity index (χ3n) is 3.02. The van der Waals surface area contributed by atoms with Gasteiger partial charge < -0.3 is 14.4 Å². The Morgan fingerprint density at radius 2 is 2.44 bits per heavy atom. The molecule has 5 heteroatoms. The molecule has 1 N–H and O–H groups in total. The Balaban J connectivity index is 2.06. The van der Waals surface area contributed by atoms with E-state index in [4.69, 9.17) is 4.42 Å². The molecule has 0 radical (unpaired) electrons. The number of halogens is 1. The van der Waals surface area contributed by atoms with E-state index in [0.29, 0.717) is 23.3 Å². The second kappa shape index (κ2) is 4.59. The molecule has 2 rings (SSSR count). The largest absolute Gasteiger partial charge is 0.457 e. The van der Waals surface area contributed by atoms with E-state index in [9.17, 15) is 9.90 Å². The van der Waals surface area contributed by atoms with Crippen LogP contribution in [0, 0.1) is 5.92 Å². The van der Waals surface area contributed by atoms with Gasteiger partial charge in [0.1, 0.15) is 6.26 Å². The highest BCUT2D eigenvalue weighted by Crippen LogP contribution is 2.21. The zero-order chi connectivity index (χ0) is 11.7. The highest BCUT2D eigenvalue weighted by atomic mass is 79.9. The molecule has 88 valence electrons. The van der Waals surface area contributed by atoms with Gasteiger partial charge in [-0.15, -0.1) is 0 Å². The minimum absolute atomic E-state index is 0.0830. The van der Waals surface area contributed by atoms with E-state index in [2.05, 4.69) is 15.9 Å². The lowest BCUT2D eigenvalue weighted by atomic mass is 9.96. The van der Waals surface area contributed by atoms with Crippen molar-refractivity contribution < 1.29 is 14.3 Å². The standard InChI is InChI=1S/C11H14BrNO3/c1-7-2-3-13(5-9(7)14)11(15)8-4-10(12)16-6-8/h4,6-7,9,14H,2-3,5H2,1H3. The average Bonchev–Trinajstić information content (AvgIpc) is 2.68. The van der Waals surface area contributed by atoms with E-state index >= 15 is 0 Å². The number of hydrogen-bond donors (Lipinski definition) is 1. The Bertz CT molecular complexity index is 390. The molecule has 16 heavy (non-hydrogen) atoms. The predicted octanol–water partition coefficient (Wildman–Crippen LogP) is 1.89. The van der Waals surface area contributed by atoms with Crippen LogP contribution in [0.2, 0.25) is 0 Å². The van der Waals surface area contributed by atoms with Crippen LogP contribution in [0.4, 0.5) is 0 Å². The number of hydrogen-bond acceptors (Lipinski definition) is 3. The average molecular weight is 288 g/mol. The van der Waals surface area contributed by atoms with Crippen molar-refractivity contribution in [1.82, 2.24) is 4.90 Å². The number of carbonyl (C=O) groups excluding carboxylic acids is 1. The van der Waals surface area contributed by atoms with Crippen LogP contribution in [-0.4, -0.2) is 35.1 Å². The maximum atomic E-state index is 12.0. The van der Waals surface area contributed by atoms with Crippen molar-refractivity contribution in [2.75, 3.05) is 13.1 Å². The van der Waals surface area contributed by atoms with Crippen LogP contribution in [0.1, 0.15) is 23.7 Å². The first-order valence-corrected chi connectivity index (χ1v) is 6.08. The number of nitrogens with zero attached hydrogens (tertiary/aromatic N) is 1. The fourth-order valence-electron chi connectivity index (χ4n) is 1.84. The number of aliphatic hydroxyl groups is 1. The summed E-state index contributed by atoms with van der Waals surface area (Å²) in [4.78, 5) is 13.7. The summed E-state index contributed by atoms with van der Waals surface area (Å²) in [6.07, 6.45) is 1.84. The van der Waals surface area contributed by atoms with Crippen LogP contribution < -0.4 is 0 Å². The van der Waals surface area contributed by atoms with Crippen LogP contribution in [0.15, 0.2) is 21.4 Å². The quantitative estimate of drug-likeness (QED) is 0.858. The molecule has 1 saturated heterocycles. The summed E-state index contributed by atoms with van der Waals surface area (Å²) < 4.78 is 5.57. The number of amides is 1. The molecule has 4 nitrogen and oxygen atoms in total. The normalized spacial score (nSPS) is 25.8. The van der Waals surface area contributed by atoms with Gasteiger partial charge in [-0.1, -0.05) is 6.92 Å². The number of furan rings is 1. The third kappa shape index (κ3) is 2.30. The minimum atomic E-state index is -0.423. The molecular formula is C11H14BrNO3. The Kier molecular flexibility index (Phi) is 3.35. The molecule has 1 aliphatic heterocycles. The summed E-state index contributed by atoms with van der Waals surface area (Å²) in [5, 5.41) is 9.72. The molecule has 0 aliphatic carbocycles. The maximum Gasteiger partial charge on any atom is 0.257 e. The van der Waals surface area contributed by atoms with Crippen LogP contribution in [0.5, 0.6) is 0 Å². The SMILES string of the molecule is CC1CCN(C(=O)c2coc(Br)c2)CC1O. The summed E-state index contributed by atoms with van der Waals surface area (Å²) >= 11 is 3.16. The van der Waals surface area contributed by atoms with Crippen molar-refractivity contribution in [3.63, 3.8) is 0 Å². The minimum Gasteiger partial charge on any atom is -0.457 e. The molecule has 1 fully saturated rings. The van der Waals surface area contributed by atoms with Gasteiger partial charge in [-0.2, -0.15) is 0 Å². The van der Waals surface area contributed by atoms with Crippen molar-refractivity contribution in [3.05, 3.63) is 22.6 Å². The van der Waals surface area contributed by atoms with Gasteiger partial charge in [0.15, 0.2) is 4.67 Å². The van der Waals surface area contributed by atoms with E-state index in [-0.39, 0.29) is 11.8 Å². The number of aliphatic hydroxyl groups excluding tert-OH is 1. The first kappa shape index (κ1) is 11.7. The number of carbonyl (C=O) groups is 1. The van der Waals surface area contributed by atoms with E-state index in [0.717, 1.165) is 6.42 Å². The molecular weight excluding hydrogens is 274 g/mol. The summed E-state index contributed by atoms with van der Waals surface area (Å²) in [7, 11) is 0. The molecule has 1 aromatic heterocycles. The molecule has 1 aliphatic rings. The Morgan fingerprint density at radius 3 is 3.00 bits per heavy atom. The van der Waals surface area contributed by atoms with Gasteiger partial charge in [0.25, 0.3) is 5.91 Å². The third-order valence-corrected chi connectivity index (χ3v) is 3.44. The zero-order valence-corrected chi connectivity index (χ0v) is 10.6. The van der Waals surface area contributed by atoms with Gasteiger partial charge in [-0.3, -0.25) is 4.79 Å². The van der Waals surface area contributed by atoms with E-state index < -0.39 is 6.10 Å². The lowest BCUT2D eigenvalue weighted by Crippen LogP contribution is -2.45. The summed E-state index contributed by atoms with van der Waals surface area (Å²) in [5.74, 6) is 0.181. The van der Waals surface area contributed by atoms with Crippen LogP contribution in [-0.2, 0) is 0 Å². The van der Waals surface area contributed by atoms with Gasteiger partial charge in [0.2, 0.25) is 0 Å². The monoisotopic (exact) mass is 287 g/mol. The van der Waals surface area contributed by atoms with Gasteiger partial charge >= 0.3 is 0 Å². The lowest BCUT2D eigenvalue weighted by molar-refractivity contribution is 0.0248. The molecule has 2 unspecified atom stereocenters. The van der Waals surface area contributed by atoms with Crippen molar-refractivity contribution in [3.8, 4) is 0 Å². The molecule has 0 spiro atoms. The van der Waals surface area contributed by atoms with E-state index in [1.165, 1.54) is 6.26 Å². The predicted molar refractivity (Wildman–Crippen MR) is 62.1 cm³/mol. The fraction of sp³-hybridized carbons (Fsp3) is 0.545. The zero-order valence-electron chi connectivity index (χ0n) is 9.02. The second-order valence-corrected chi connectivity index (χ2v) is 5.01. The van der Waals surface area contributed by atoms with Gasteiger partial charge in [0.05, 0.1) is 11.7 Å². The Morgan fingerprint density at radius 1 is 1.69 bits per heavy atom. The van der Waals surface area contributed by atoms with E-state index in [1.807, 2.05) is 6.92 Å². The van der Waals surface area contributed by atoms with Gasteiger partial charge in [0, 0.05) is 19.2 Å². The Labute approximate surface area is 102 Å². The number of β-amino-alcohol motifs (C(OH)–C–C–N with tert-alkyl or cyclic N) is 1. The highest BCUT2D eigenvalue weighted by molar-refractivity contribution is 9.10. The second-order valence-electron chi connectivity index (χ2n) is 4.22. The van der Waals surface area contributed by atoms with Crippen LogP contribution >= 0.6 is 15.9 Å². The number of rotatable bonds is 1. The number of piperidine rings is 1.